The van der Waals surface area contributed by atoms with Crippen LogP contribution in [0.1, 0.15) is 58.8 Å². The molecule has 114 valence electrons. The Kier molecular flexibility index (Phi) is 5.44. The molecule has 2 saturated carbocycles. The van der Waals surface area contributed by atoms with E-state index in [-0.39, 0.29) is 23.7 Å². The minimum absolute atomic E-state index is 0.0549. The average Bonchev–Trinajstić information content (AvgIpc) is 3.24. The van der Waals surface area contributed by atoms with Crippen LogP contribution in [-0.2, 0) is 9.59 Å². The fraction of sp³-hybridized carbons (Fsp3) is 0.875. The second kappa shape index (κ2) is 7.09. The molecule has 20 heavy (non-hydrogen) atoms. The summed E-state index contributed by atoms with van der Waals surface area (Å²) in [4.78, 5) is 26.2. The molecule has 0 aromatic carbocycles. The van der Waals surface area contributed by atoms with Gasteiger partial charge in [-0.25, -0.2) is 0 Å². The van der Waals surface area contributed by atoms with E-state index >= 15 is 0 Å². The van der Waals surface area contributed by atoms with Gasteiger partial charge in [0.05, 0.1) is 11.8 Å². The molecule has 4 nitrogen and oxygen atoms in total. The van der Waals surface area contributed by atoms with Gasteiger partial charge in [0.2, 0.25) is 11.8 Å². The summed E-state index contributed by atoms with van der Waals surface area (Å²) in [5.74, 6) is 0.158. The molecule has 2 amide bonds. The third-order valence-electron chi connectivity index (χ3n) is 4.72. The van der Waals surface area contributed by atoms with Crippen LogP contribution >= 0.6 is 0 Å². The largest absolute Gasteiger partial charge is 0.353 e. The van der Waals surface area contributed by atoms with Crippen LogP contribution in [0.3, 0.4) is 0 Å². The number of carbonyl (C=O) groups is 2. The standard InChI is InChI=1S/C16H28N2O2/c1-3-18(4-2)16(20)14-11-13(14)15(19)17-12-9-7-5-6-8-10-12/h12-14H,3-11H2,1-2H3,(H,17,19). The van der Waals surface area contributed by atoms with E-state index in [1.54, 1.807) is 0 Å². The summed E-state index contributed by atoms with van der Waals surface area (Å²) in [7, 11) is 0. The first-order chi connectivity index (χ1) is 9.67. The molecule has 2 atom stereocenters. The van der Waals surface area contributed by atoms with Crippen LogP contribution in [0.25, 0.3) is 0 Å². The maximum absolute atomic E-state index is 12.2. The van der Waals surface area contributed by atoms with E-state index in [9.17, 15) is 9.59 Å². The summed E-state index contributed by atoms with van der Waals surface area (Å²) < 4.78 is 0. The molecule has 4 heteroatoms. The average molecular weight is 280 g/mol. The highest BCUT2D eigenvalue weighted by atomic mass is 16.2. The van der Waals surface area contributed by atoms with Crippen LogP contribution < -0.4 is 5.32 Å². The van der Waals surface area contributed by atoms with Crippen LogP contribution in [0.15, 0.2) is 0 Å². The van der Waals surface area contributed by atoms with Crippen molar-refractivity contribution in [2.75, 3.05) is 13.1 Å². The van der Waals surface area contributed by atoms with Gasteiger partial charge in [0.15, 0.2) is 0 Å². The van der Waals surface area contributed by atoms with Crippen LogP contribution in [0.2, 0.25) is 0 Å². The molecule has 2 rings (SSSR count). The number of hydrogen-bond donors (Lipinski definition) is 1. The van der Waals surface area contributed by atoms with E-state index in [2.05, 4.69) is 5.32 Å². The molecule has 2 unspecified atom stereocenters. The normalized spacial score (nSPS) is 26.7. The lowest BCUT2D eigenvalue weighted by Gasteiger charge is -2.19. The Morgan fingerprint density at radius 3 is 2.15 bits per heavy atom. The minimum atomic E-state index is -0.0636. The van der Waals surface area contributed by atoms with Gasteiger partial charge < -0.3 is 10.2 Å². The van der Waals surface area contributed by atoms with Gasteiger partial charge in [-0.05, 0) is 33.1 Å². The highest BCUT2D eigenvalue weighted by molar-refractivity contribution is 5.92. The number of nitrogens with one attached hydrogen (secondary N) is 1. The zero-order valence-electron chi connectivity index (χ0n) is 12.9. The Balaban J connectivity index is 1.79. The molecular weight excluding hydrogens is 252 g/mol. The third kappa shape index (κ3) is 3.74. The van der Waals surface area contributed by atoms with Crippen LogP contribution in [0.5, 0.6) is 0 Å². The van der Waals surface area contributed by atoms with Crippen molar-refractivity contribution in [3.8, 4) is 0 Å². The third-order valence-corrected chi connectivity index (χ3v) is 4.72. The molecule has 0 heterocycles. The Hall–Kier alpha value is -1.06. The Bertz CT molecular complexity index is 344. The van der Waals surface area contributed by atoms with Gasteiger partial charge in [-0.3, -0.25) is 9.59 Å². The van der Waals surface area contributed by atoms with Crippen molar-refractivity contribution in [1.29, 1.82) is 0 Å². The van der Waals surface area contributed by atoms with Crippen molar-refractivity contribution in [3.05, 3.63) is 0 Å². The summed E-state index contributed by atoms with van der Waals surface area (Å²) in [5.41, 5.74) is 0. The predicted molar refractivity (Wildman–Crippen MR) is 79.2 cm³/mol. The molecule has 2 fully saturated rings. The lowest BCUT2D eigenvalue weighted by molar-refractivity contribution is -0.134. The fourth-order valence-corrected chi connectivity index (χ4v) is 3.26. The van der Waals surface area contributed by atoms with Gasteiger partial charge >= 0.3 is 0 Å². The topological polar surface area (TPSA) is 49.4 Å². The molecule has 0 radical (unpaired) electrons. The summed E-state index contributed by atoms with van der Waals surface area (Å²) >= 11 is 0. The zero-order chi connectivity index (χ0) is 14.5. The van der Waals surface area contributed by atoms with Gasteiger partial charge in [0.25, 0.3) is 0 Å². The number of carbonyl (C=O) groups excluding carboxylic acids is 2. The van der Waals surface area contributed by atoms with Crippen molar-refractivity contribution in [1.82, 2.24) is 10.2 Å². The smallest absolute Gasteiger partial charge is 0.226 e. The van der Waals surface area contributed by atoms with Crippen molar-refractivity contribution >= 4 is 11.8 Å². The molecule has 2 aliphatic rings. The van der Waals surface area contributed by atoms with Crippen LogP contribution in [0.4, 0.5) is 0 Å². The molecule has 1 N–H and O–H groups in total. The summed E-state index contributed by atoms with van der Waals surface area (Å²) in [6.07, 6.45) is 7.97. The van der Waals surface area contributed by atoms with E-state index in [1.165, 1.54) is 25.7 Å². The van der Waals surface area contributed by atoms with Crippen LogP contribution in [-0.4, -0.2) is 35.8 Å². The van der Waals surface area contributed by atoms with Crippen LogP contribution in [0, 0.1) is 11.8 Å². The Labute approximate surface area is 122 Å². The fourth-order valence-electron chi connectivity index (χ4n) is 3.26. The zero-order valence-corrected chi connectivity index (χ0v) is 12.9. The van der Waals surface area contributed by atoms with Gasteiger partial charge in [-0.2, -0.15) is 0 Å². The molecule has 0 aliphatic heterocycles. The molecule has 0 spiro atoms. The second-order valence-corrected chi connectivity index (χ2v) is 6.16. The highest BCUT2D eigenvalue weighted by Crippen LogP contribution is 2.40. The molecule has 2 aliphatic carbocycles. The predicted octanol–water partition coefficient (Wildman–Crippen LogP) is 2.33. The monoisotopic (exact) mass is 280 g/mol. The van der Waals surface area contributed by atoms with E-state index < -0.39 is 0 Å². The minimum Gasteiger partial charge on any atom is -0.353 e. The SMILES string of the molecule is CCN(CC)C(=O)C1CC1C(=O)NC1CCCCCC1. The van der Waals surface area contributed by atoms with E-state index in [1.807, 2.05) is 18.7 Å². The molecule has 0 saturated heterocycles. The maximum Gasteiger partial charge on any atom is 0.226 e. The van der Waals surface area contributed by atoms with Crippen molar-refractivity contribution in [2.45, 2.75) is 64.8 Å². The molecule has 0 aromatic heterocycles. The lowest BCUT2D eigenvalue weighted by atomic mass is 10.1. The van der Waals surface area contributed by atoms with E-state index in [4.69, 9.17) is 0 Å². The van der Waals surface area contributed by atoms with E-state index in [0.717, 1.165) is 32.4 Å². The molecular formula is C16H28N2O2. The Morgan fingerprint density at radius 1 is 1.00 bits per heavy atom. The Morgan fingerprint density at radius 2 is 1.60 bits per heavy atom. The lowest BCUT2D eigenvalue weighted by Crippen LogP contribution is -2.37. The quantitative estimate of drug-likeness (QED) is 0.786. The van der Waals surface area contributed by atoms with Gasteiger partial charge in [0.1, 0.15) is 0 Å². The van der Waals surface area contributed by atoms with Crippen molar-refractivity contribution < 1.29 is 9.59 Å². The summed E-state index contributed by atoms with van der Waals surface area (Å²) in [6, 6.07) is 0.342. The maximum atomic E-state index is 12.2. The number of hydrogen-bond acceptors (Lipinski definition) is 2. The van der Waals surface area contributed by atoms with Gasteiger partial charge in [0, 0.05) is 19.1 Å². The molecule has 0 aromatic rings. The number of amides is 2. The number of rotatable bonds is 5. The molecule has 0 bridgehead atoms. The van der Waals surface area contributed by atoms with E-state index in [0.29, 0.717) is 6.04 Å². The summed E-state index contributed by atoms with van der Waals surface area (Å²) in [5, 5.41) is 3.17. The first kappa shape index (κ1) is 15.3. The number of nitrogens with zero attached hydrogens (tertiary/aromatic N) is 1. The van der Waals surface area contributed by atoms with Gasteiger partial charge in [-0.1, -0.05) is 25.7 Å². The second-order valence-electron chi connectivity index (χ2n) is 6.16. The van der Waals surface area contributed by atoms with Crippen molar-refractivity contribution in [3.63, 3.8) is 0 Å². The summed E-state index contributed by atoms with van der Waals surface area (Å²) in [6.45, 7) is 5.46. The van der Waals surface area contributed by atoms with Crippen molar-refractivity contribution in [2.24, 2.45) is 11.8 Å². The first-order valence-corrected chi connectivity index (χ1v) is 8.26. The highest BCUT2D eigenvalue weighted by Gasteiger charge is 2.49. The first-order valence-electron chi connectivity index (χ1n) is 8.26. The van der Waals surface area contributed by atoms with Gasteiger partial charge in [-0.15, -0.1) is 0 Å².